The highest BCUT2D eigenvalue weighted by Gasteiger charge is 2.31. The summed E-state index contributed by atoms with van der Waals surface area (Å²) in [6.45, 7) is 1.95. The second-order valence-corrected chi connectivity index (χ2v) is 8.86. The van der Waals surface area contributed by atoms with Crippen LogP contribution in [0.25, 0.3) is 16.6 Å². The van der Waals surface area contributed by atoms with Crippen molar-refractivity contribution < 1.29 is 27.2 Å². The van der Waals surface area contributed by atoms with E-state index in [4.69, 9.17) is 5.73 Å². The average Bonchev–Trinajstić information content (AvgIpc) is 3.24. The smallest absolute Gasteiger partial charge is 0.382 e. The number of alkyl halides is 3. The summed E-state index contributed by atoms with van der Waals surface area (Å²) in [6.07, 6.45) is -3.34. The molecule has 10 nitrogen and oxygen atoms in total. The van der Waals surface area contributed by atoms with Crippen LogP contribution in [-0.4, -0.2) is 51.1 Å². The Balaban J connectivity index is 1.35. The number of hydrogen-bond donors (Lipinski definition) is 4. The highest BCUT2D eigenvalue weighted by atomic mass is 19.4. The summed E-state index contributed by atoms with van der Waals surface area (Å²) >= 11 is 0. The molecule has 0 spiro atoms. The van der Waals surface area contributed by atoms with Gasteiger partial charge in [0.05, 0.1) is 23.5 Å². The topological polar surface area (TPSA) is 130 Å². The number of urea groups is 1. The molecule has 0 atom stereocenters. The molecule has 14 heteroatoms. The van der Waals surface area contributed by atoms with E-state index in [1.807, 2.05) is 11.0 Å². The summed E-state index contributed by atoms with van der Waals surface area (Å²) in [7, 11) is 0. The first-order chi connectivity index (χ1) is 18.6. The number of aromatic nitrogens is 3. The largest absolute Gasteiger partial charge is 0.416 e. The van der Waals surface area contributed by atoms with Crippen LogP contribution in [0, 0.1) is 5.82 Å². The molecule has 5 N–H and O–H groups in total. The van der Waals surface area contributed by atoms with Gasteiger partial charge in [0.2, 0.25) is 5.91 Å². The third-order valence-electron chi connectivity index (χ3n) is 6.16. The molecule has 0 bridgehead atoms. The maximum Gasteiger partial charge on any atom is 0.416 e. The van der Waals surface area contributed by atoms with E-state index in [1.165, 1.54) is 6.33 Å². The number of rotatable bonds is 5. The number of piperazine rings is 1. The molecule has 1 fully saturated rings. The molecule has 0 unspecified atom stereocenters. The number of nitrogen functional groups attached to an aromatic ring is 1. The first-order valence-corrected chi connectivity index (χ1v) is 11.7. The number of hydrogen-bond acceptors (Lipinski definition) is 6. The van der Waals surface area contributed by atoms with Crippen molar-refractivity contribution in [2.24, 2.45) is 0 Å². The zero-order valence-electron chi connectivity index (χ0n) is 20.2. The van der Waals surface area contributed by atoms with Crippen molar-refractivity contribution in [1.29, 1.82) is 0 Å². The SMILES string of the molecule is Nc1ncnn2c(CN3CCNC(=O)C3)cc(-c3ccc(NC(=O)Nc4cc(C(F)(F)F)ccc4F)cc3)c12. The third kappa shape index (κ3) is 5.60. The highest BCUT2D eigenvalue weighted by Crippen LogP contribution is 2.33. The molecule has 5 rings (SSSR count). The summed E-state index contributed by atoms with van der Waals surface area (Å²) in [5.74, 6) is -0.804. The van der Waals surface area contributed by atoms with Gasteiger partial charge in [-0.1, -0.05) is 12.1 Å². The van der Waals surface area contributed by atoms with E-state index in [-0.39, 0.29) is 18.3 Å². The Labute approximate surface area is 218 Å². The molecule has 0 radical (unpaired) electrons. The average molecular weight is 542 g/mol. The highest BCUT2D eigenvalue weighted by molar-refractivity contribution is 6.00. The van der Waals surface area contributed by atoms with E-state index < -0.39 is 29.3 Å². The Morgan fingerprint density at radius 3 is 2.59 bits per heavy atom. The lowest BCUT2D eigenvalue weighted by Gasteiger charge is -2.25. The lowest BCUT2D eigenvalue weighted by Crippen LogP contribution is -2.47. The van der Waals surface area contributed by atoms with Gasteiger partial charge in [0, 0.05) is 30.9 Å². The number of fused-ring (bicyclic) bond motifs is 1. The van der Waals surface area contributed by atoms with Crippen LogP contribution in [0.15, 0.2) is 54.9 Å². The van der Waals surface area contributed by atoms with Crippen molar-refractivity contribution in [2.45, 2.75) is 12.7 Å². The molecule has 2 aromatic heterocycles. The number of benzene rings is 2. The number of amides is 3. The van der Waals surface area contributed by atoms with E-state index in [0.29, 0.717) is 49.0 Å². The summed E-state index contributed by atoms with van der Waals surface area (Å²) in [5.41, 5.74) is 7.62. The van der Waals surface area contributed by atoms with Crippen LogP contribution in [-0.2, 0) is 17.5 Å². The van der Waals surface area contributed by atoms with Crippen molar-refractivity contribution in [1.82, 2.24) is 24.8 Å². The van der Waals surface area contributed by atoms with Gasteiger partial charge < -0.3 is 21.7 Å². The molecule has 3 amide bonds. The van der Waals surface area contributed by atoms with Crippen LogP contribution in [0.2, 0.25) is 0 Å². The number of nitrogens with zero attached hydrogens (tertiary/aromatic N) is 4. The van der Waals surface area contributed by atoms with Crippen LogP contribution in [0.1, 0.15) is 11.3 Å². The molecule has 1 aliphatic rings. The number of anilines is 3. The zero-order valence-corrected chi connectivity index (χ0v) is 20.2. The predicted molar refractivity (Wildman–Crippen MR) is 135 cm³/mol. The normalized spacial score (nSPS) is 14.3. The van der Waals surface area contributed by atoms with Crippen LogP contribution >= 0.6 is 0 Å². The molecule has 0 aliphatic carbocycles. The van der Waals surface area contributed by atoms with Crippen molar-refractivity contribution >= 4 is 34.6 Å². The van der Waals surface area contributed by atoms with Gasteiger partial charge in [-0.05, 0) is 42.0 Å². The van der Waals surface area contributed by atoms with Crippen LogP contribution in [0.3, 0.4) is 0 Å². The number of carbonyl (C=O) groups is 2. The number of nitrogens with one attached hydrogen (secondary N) is 3. The summed E-state index contributed by atoms with van der Waals surface area (Å²) in [5, 5.41) is 11.7. The van der Waals surface area contributed by atoms with E-state index >= 15 is 0 Å². The third-order valence-corrected chi connectivity index (χ3v) is 6.16. The van der Waals surface area contributed by atoms with Crippen molar-refractivity contribution in [2.75, 3.05) is 36.0 Å². The Bertz CT molecular complexity index is 1550. The molecule has 39 heavy (non-hydrogen) atoms. The standard InChI is InChI=1S/C25H22F4N8O2/c26-19-6-3-15(25(27,28)29)9-20(19)35-24(39)34-16-4-1-14(2-5-16)18-10-17(11-36-8-7-31-21(38)12-36)37-22(18)23(30)32-13-33-37/h1-6,9-10,13H,7-8,11-12H2,(H,31,38)(H2,30,32,33)(H2,34,35,39). The zero-order chi connectivity index (χ0) is 27.7. The second-order valence-electron chi connectivity index (χ2n) is 8.86. The van der Waals surface area contributed by atoms with Gasteiger partial charge in [-0.2, -0.15) is 18.3 Å². The summed E-state index contributed by atoms with van der Waals surface area (Å²) in [4.78, 5) is 30.2. The molecule has 4 aromatic rings. The minimum absolute atomic E-state index is 0.0561. The van der Waals surface area contributed by atoms with Crippen molar-refractivity contribution in [3.63, 3.8) is 0 Å². The van der Waals surface area contributed by atoms with Gasteiger partial charge in [0.1, 0.15) is 17.7 Å². The van der Waals surface area contributed by atoms with Crippen LogP contribution in [0.4, 0.5) is 39.5 Å². The minimum atomic E-state index is -4.68. The van der Waals surface area contributed by atoms with Crippen molar-refractivity contribution in [3.05, 3.63) is 71.9 Å². The lowest BCUT2D eigenvalue weighted by molar-refractivity contribution is -0.137. The van der Waals surface area contributed by atoms with Gasteiger partial charge in [-0.3, -0.25) is 9.69 Å². The maximum atomic E-state index is 14.0. The fourth-order valence-corrected chi connectivity index (χ4v) is 4.34. The first-order valence-electron chi connectivity index (χ1n) is 11.7. The Morgan fingerprint density at radius 2 is 1.87 bits per heavy atom. The van der Waals surface area contributed by atoms with Crippen molar-refractivity contribution in [3.8, 4) is 11.1 Å². The van der Waals surface area contributed by atoms with Crippen LogP contribution < -0.4 is 21.7 Å². The molecule has 1 saturated heterocycles. The Kier molecular flexibility index (Phi) is 6.78. The Hall–Kier alpha value is -4.72. The van der Waals surface area contributed by atoms with Gasteiger partial charge in [-0.15, -0.1) is 0 Å². The fourth-order valence-electron chi connectivity index (χ4n) is 4.34. The molecule has 2 aromatic carbocycles. The lowest BCUT2D eigenvalue weighted by atomic mass is 10.1. The quantitative estimate of drug-likeness (QED) is 0.285. The molecule has 3 heterocycles. The molecular weight excluding hydrogens is 520 g/mol. The second kappa shape index (κ2) is 10.2. The van der Waals surface area contributed by atoms with Crippen LogP contribution in [0.5, 0.6) is 0 Å². The molecule has 0 saturated carbocycles. The van der Waals surface area contributed by atoms with Gasteiger partial charge in [0.15, 0.2) is 5.82 Å². The van der Waals surface area contributed by atoms with E-state index in [1.54, 1.807) is 28.8 Å². The molecule has 1 aliphatic heterocycles. The van der Waals surface area contributed by atoms with E-state index in [0.717, 1.165) is 16.8 Å². The number of halogens is 4. The van der Waals surface area contributed by atoms with Gasteiger partial charge in [-0.25, -0.2) is 18.7 Å². The van der Waals surface area contributed by atoms with E-state index in [2.05, 4.69) is 26.0 Å². The number of nitrogens with two attached hydrogens (primary N) is 1. The van der Waals surface area contributed by atoms with Gasteiger partial charge in [0.25, 0.3) is 0 Å². The van der Waals surface area contributed by atoms with E-state index in [9.17, 15) is 27.2 Å². The first kappa shape index (κ1) is 25.9. The number of carbonyl (C=O) groups excluding carboxylic acids is 2. The fraction of sp³-hybridized carbons (Fsp3) is 0.200. The summed E-state index contributed by atoms with van der Waals surface area (Å²) in [6, 6.07) is 9.32. The molecular formula is C25H22F4N8O2. The minimum Gasteiger partial charge on any atom is -0.382 e. The molecule has 202 valence electrons. The Morgan fingerprint density at radius 1 is 1.10 bits per heavy atom. The summed E-state index contributed by atoms with van der Waals surface area (Å²) < 4.78 is 54.4. The van der Waals surface area contributed by atoms with Gasteiger partial charge >= 0.3 is 12.2 Å². The predicted octanol–water partition coefficient (Wildman–Crippen LogP) is 3.71. The maximum absolute atomic E-state index is 14.0. The monoisotopic (exact) mass is 542 g/mol.